The quantitative estimate of drug-likeness (QED) is 0.499. The van der Waals surface area contributed by atoms with Crippen molar-refractivity contribution in [2.45, 2.75) is 96.6 Å². The molecule has 1 saturated heterocycles. The van der Waals surface area contributed by atoms with Crippen LogP contribution in [0, 0.1) is 0 Å². The van der Waals surface area contributed by atoms with Crippen molar-refractivity contribution in [3.63, 3.8) is 0 Å². The number of rotatable bonds is 11. The lowest BCUT2D eigenvalue weighted by Gasteiger charge is -2.43. The zero-order valence-electron chi connectivity index (χ0n) is 15.5. The number of likely N-dealkylation sites (tertiary alicyclic amines) is 1. The second kappa shape index (κ2) is 9.84. The minimum Gasteiger partial charge on any atom is -0.305 e. The first-order valence-corrected chi connectivity index (χ1v) is 9.45. The topological polar surface area (TPSA) is 6.48 Å². The van der Waals surface area contributed by atoms with Gasteiger partial charge in [-0.2, -0.15) is 0 Å². The molecule has 0 aromatic carbocycles. The van der Waals surface area contributed by atoms with Gasteiger partial charge in [0.1, 0.15) is 0 Å². The summed E-state index contributed by atoms with van der Waals surface area (Å²) in [6.07, 6.45) is 13.8. The molecule has 0 aliphatic carbocycles. The van der Waals surface area contributed by atoms with Crippen LogP contribution in [0.25, 0.3) is 0 Å². The number of hydrogen-bond donors (Lipinski definition) is 0. The van der Waals surface area contributed by atoms with E-state index in [-0.39, 0.29) is 0 Å². The van der Waals surface area contributed by atoms with E-state index < -0.39 is 0 Å². The van der Waals surface area contributed by atoms with Gasteiger partial charge in [0.15, 0.2) is 0 Å². The van der Waals surface area contributed by atoms with Crippen molar-refractivity contribution >= 4 is 0 Å². The van der Waals surface area contributed by atoms with E-state index in [1.54, 1.807) is 0 Å². The predicted octanol–water partition coefficient (Wildman–Crippen LogP) is 4.93. The summed E-state index contributed by atoms with van der Waals surface area (Å²) in [6.45, 7) is 9.69. The lowest BCUT2D eigenvalue weighted by atomic mass is 9.85. The third-order valence-corrected chi connectivity index (χ3v) is 5.65. The van der Waals surface area contributed by atoms with Crippen molar-refractivity contribution in [2.24, 2.45) is 0 Å². The minimum atomic E-state index is 0.415. The molecule has 0 saturated carbocycles. The highest BCUT2D eigenvalue weighted by Crippen LogP contribution is 2.31. The van der Waals surface area contributed by atoms with E-state index in [0.717, 1.165) is 6.04 Å². The van der Waals surface area contributed by atoms with Crippen molar-refractivity contribution in [1.82, 2.24) is 9.80 Å². The van der Waals surface area contributed by atoms with E-state index in [9.17, 15) is 0 Å². The summed E-state index contributed by atoms with van der Waals surface area (Å²) >= 11 is 0. The van der Waals surface area contributed by atoms with Gasteiger partial charge in [-0.15, -0.1) is 0 Å². The summed E-state index contributed by atoms with van der Waals surface area (Å²) in [5.74, 6) is 0. The van der Waals surface area contributed by atoms with Crippen molar-refractivity contribution in [1.29, 1.82) is 0 Å². The first-order valence-electron chi connectivity index (χ1n) is 9.45. The molecule has 2 unspecified atom stereocenters. The van der Waals surface area contributed by atoms with E-state index in [1.807, 2.05) is 0 Å². The van der Waals surface area contributed by atoms with Gasteiger partial charge in [0.05, 0.1) is 0 Å². The Balaban J connectivity index is 2.55. The van der Waals surface area contributed by atoms with E-state index in [0.29, 0.717) is 5.54 Å². The number of hydrogen-bond acceptors (Lipinski definition) is 2. The Morgan fingerprint density at radius 2 is 1.57 bits per heavy atom. The smallest absolute Gasteiger partial charge is 0.0237 e. The first kappa shape index (κ1) is 19.0. The lowest BCUT2D eigenvalue weighted by Crippen LogP contribution is -2.50. The number of likely N-dealkylation sites (N-methyl/N-ethyl adjacent to an activating group) is 2. The van der Waals surface area contributed by atoms with Crippen LogP contribution < -0.4 is 0 Å². The molecule has 1 heterocycles. The van der Waals surface area contributed by atoms with Crippen molar-refractivity contribution in [3.8, 4) is 0 Å². The summed E-state index contributed by atoms with van der Waals surface area (Å²) in [7, 11) is 4.67. The van der Waals surface area contributed by atoms with E-state index >= 15 is 0 Å². The molecule has 0 aromatic rings. The van der Waals surface area contributed by atoms with Crippen LogP contribution >= 0.6 is 0 Å². The molecule has 21 heavy (non-hydrogen) atoms. The fraction of sp³-hybridized carbons (Fsp3) is 1.00. The van der Waals surface area contributed by atoms with Crippen molar-refractivity contribution < 1.29 is 0 Å². The fourth-order valence-electron chi connectivity index (χ4n) is 3.83. The average Bonchev–Trinajstić information content (AvgIpc) is 2.89. The van der Waals surface area contributed by atoms with Gasteiger partial charge in [-0.1, -0.05) is 58.8 Å². The standard InChI is InChI=1S/C19H40N2/c1-6-8-10-12-15-19(3,14-11-9-7-2)21(5)18-13-16-20(4)17-18/h18H,6-17H2,1-5H3. The summed E-state index contributed by atoms with van der Waals surface area (Å²) in [4.78, 5) is 5.24. The Morgan fingerprint density at radius 1 is 1.00 bits per heavy atom. The molecule has 1 aliphatic rings. The van der Waals surface area contributed by atoms with Crippen LogP contribution in [0.4, 0.5) is 0 Å². The van der Waals surface area contributed by atoms with Gasteiger partial charge in [-0.25, -0.2) is 0 Å². The average molecular weight is 297 g/mol. The van der Waals surface area contributed by atoms with Crippen molar-refractivity contribution in [3.05, 3.63) is 0 Å². The highest BCUT2D eigenvalue weighted by Gasteiger charge is 2.35. The second-order valence-electron chi connectivity index (χ2n) is 7.58. The maximum absolute atomic E-state index is 2.75. The molecule has 1 aliphatic heterocycles. The molecular weight excluding hydrogens is 256 g/mol. The number of nitrogens with zero attached hydrogens (tertiary/aromatic N) is 2. The monoisotopic (exact) mass is 296 g/mol. The third kappa shape index (κ3) is 6.28. The Hall–Kier alpha value is -0.0800. The van der Waals surface area contributed by atoms with Crippen LogP contribution in [0.3, 0.4) is 0 Å². The number of unbranched alkanes of at least 4 members (excludes halogenated alkanes) is 5. The highest BCUT2D eigenvalue weighted by molar-refractivity contribution is 4.91. The Morgan fingerprint density at radius 3 is 2.10 bits per heavy atom. The molecule has 2 nitrogen and oxygen atoms in total. The summed E-state index contributed by atoms with van der Waals surface area (Å²) in [6, 6.07) is 0.771. The maximum atomic E-state index is 2.75. The van der Waals surface area contributed by atoms with E-state index in [1.165, 1.54) is 77.3 Å². The Bertz CT molecular complexity index is 266. The zero-order valence-corrected chi connectivity index (χ0v) is 15.5. The normalized spacial score (nSPS) is 22.9. The van der Waals surface area contributed by atoms with Gasteiger partial charge in [-0.05, 0) is 46.8 Å². The molecule has 126 valence electrons. The molecule has 0 spiro atoms. The highest BCUT2D eigenvalue weighted by atomic mass is 15.3. The van der Waals surface area contributed by atoms with Crippen LogP contribution in [0.15, 0.2) is 0 Å². The summed E-state index contributed by atoms with van der Waals surface area (Å²) in [5, 5.41) is 0. The van der Waals surface area contributed by atoms with Gasteiger partial charge in [0.2, 0.25) is 0 Å². The van der Waals surface area contributed by atoms with E-state index in [4.69, 9.17) is 0 Å². The van der Waals surface area contributed by atoms with Gasteiger partial charge >= 0.3 is 0 Å². The van der Waals surface area contributed by atoms with Crippen LogP contribution in [0.2, 0.25) is 0 Å². The van der Waals surface area contributed by atoms with Gasteiger partial charge in [0.25, 0.3) is 0 Å². The summed E-state index contributed by atoms with van der Waals surface area (Å²) < 4.78 is 0. The van der Waals surface area contributed by atoms with Crippen LogP contribution in [-0.2, 0) is 0 Å². The van der Waals surface area contributed by atoms with Crippen LogP contribution in [0.1, 0.15) is 85.0 Å². The molecule has 0 amide bonds. The Kier molecular flexibility index (Phi) is 8.89. The van der Waals surface area contributed by atoms with Gasteiger partial charge in [-0.3, -0.25) is 4.90 Å². The largest absolute Gasteiger partial charge is 0.305 e. The van der Waals surface area contributed by atoms with Crippen molar-refractivity contribution in [2.75, 3.05) is 27.2 Å². The first-order chi connectivity index (χ1) is 10.0. The van der Waals surface area contributed by atoms with E-state index in [2.05, 4.69) is 44.7 Å². The van der Waals surface area contributed by atoms with Crippen LogP contribution in [0.5, 0.6) is 0 Å². The third-order valence-electron chi connectivity index (χ3n) is 5.65. The molecule has 0 bridgehead atoms. The maximum Gasteiger partial charge on any atom is 0.0237 e. The molecule has 0 aromatic heterocycles. The molecule has 0 radical (unpaired) electrons. The Labute approximate surface area is 134 Å². The SMILES string of the molecule is CCCCCCC(C)(CCCCC)N(C)C1CCN(C)C1. The second-order valence-corrected chi connectivity index (χ2v) is 7.58. The van der Waals surface area contributed by atoms with Crippen LogP contribution in [-0.4, -0.2) is 48.6 Å². The minimum absolute atomic E-state index is 0.415. The lowest BCUT2D eigenvalue weighted by molar-refractivity contribution is 0.0682. The molecule has 2 heteroatoms. The predicted molar refractivity (Wildman–Crippen MR) is 95.0 cm³/mol. The molecular formula is C19H40N2. The molecule has 1 rings (SSSR count). The van der Waals surface area contributed by atoms with Gasteiger partial charge < -0.3 is 4.90 Å². The molecule has 0 N–H and O–H groups in total. The fourth-order valence-corrected chi connectivity index (χ4v) is 3.83. The molecule has 1 fully saturated rings. The molecule has 2 atom stereocenters. The van der Waals surface area contributed by atoms with Gasteiger partial charge in [0, 0.05) is 18.1 Å². The zero-order chi connectivity index (χ0) is 15.7. The summed E-state index contributed by atoms with van der Waals surface area (Å²) in [5.41, 5.74) is 0.415.